The van der Waals surface area contributed by atoms with Crippen molar-refractivity contribution in [3.8, 4) is 5.69 Å². The molecule has 0 radical (unpaired) electrons. The van der Waals surface area contributed by atoms with Gasteiger partial charge in [-0.3, -0.25) is 14.2 Å². The van der Waals surface area contributed by atoms with Crippen LogP contribution in [-0.2, 0) is 0 Å². The molecule has 1 aliphatic heterocycles. The molecule has 10 heteroatoms. The van der Waals surface area contributed by atoms with Gasteiger partial charge in [0.05, 0.1) is 17.3 Å². The van der Waals surface area contributed by atoms with Crippen LogP contribution in [0, 0.1) is 5.82 Å². The number of fused-ring (bicyclic) bond motifs is 1. The van der Waals surface area contributed by atoms with Crippen LogP contribution >= 0.6 is 0 Å². The van der Waals surface area contributed by atoms with E-state index in [2.05, 4.69) is 15.1 Å². The van der Waals surface area contributed by atoms with E-state index in [4.69, 9.17) is 5.73 Å². The van der Waals surface area contributed by atoms with Gasteiger partial charge in [-0.2, -0.15) is 10.1 Å². The molecule has 1 saturated heterocycles. The highest BCUT2D eigenvalue weighted by molar-refractivity contribution is 5.98. The number of hydrogen-bond acceptors (Lipinski definition) is 7. The first-order valence-electron chi connectivity index (χ1n) is 9.71. The minimum absolute atomic E-state index is 0.0435. The molecule has 2 N–H and O–H groups in total. The third kappa shape index (κ3) is 2.95. The number of hydrogen-bond donors (Lipinski definition) is 1. The number of nitrogens with two attached hydrogens (primary N) is 1. The predicted octanol–water partition coefficient (Wildman–Crippen LogP) is 2.15. The molecule has 0 unspecified atom stereocenters. The number of rotatable bonds is 4. The molecule has 1 aromatic carbocycles. The molecule has 4 heterocycles. The minimum Gasteiger partial charge on any atom is -0.368 e. The largest absolute Gasteiger partial charge is 0.368 e. The van der Waals surface area contributed by atoms with Crippen molar-refractivity contribution < 1.29 is 9.18 Å². The summed E-state index contributed by atoms with van der Waals surface area (Å²) in [4.78, 5) is 35.5. The van der Waals surface area contributed by atoms with E-state index >= 15 is 0 Å². The molecule has 0 spiro atoms. The standard InChI is InChI=1S/C21H18FN7O2/c1-12(30)14-11-24-21(23)25-18(14)27-9-8-16(27)19-26-28-10-7-15(22)17(28)20(31)29(19)13-5-3-2-4-6-13/h2-7,10-11,16H,8-9H2,1H3,(H2,23,24,25)/t16-/m0/s1. The van der Waals surface area contributed by atoms with Crippen molar-refractivity contribution in [1.82, 2.24) is 24.1 Å². The maximum absolute atomic E-state index is 14.3. The predicted molar refractivity (Wildman–Crippen MR) is 112 cm³/mol. The Hall–Kier alpha value is -4.08. The maximum Gasteiger partial charge on any atom is 0.285 e. The third-order valence-corrected chi connectivity index (χ3v) is 5.43. The molecule has 5 rings (SSSR count). The molecule has 1 fully saturated rings. The van der Waals surface area contributed by atoms with Crippen molar-refractivity contribution in [2.24, 2.45) is 0 Å². The molecule has 0 aliphatic carbocycles. The summed E-state index contributed by atoms with van der Waals surface area (Å²) in [6.45, 7) is 2.02. The van der Waals surface area contributed by atoms with Gasteiger partial charge in [0.2, 0.25) is 5.95 Å². The Labute approximate surface area is 175 Å². The minimum atomic E-state index is -0.637. The van der Waals surface area contributed by atoms with E-state index in [0.717, 1.165) is 0 Å². The SMILES string of the molecule is CC(=O)c1cnc(N)nc1N1CC[C@H]1c1nn2ccc(F)c2c(=O)n1-c1ccccc1. The first-order valence-corrected chi connectivity index (χ1v) is 9.71. The summed E-state index contributed by atoms with van der Waals surface area (Å²) in [6.07, 6.45) is 3.48. The Kier molecular flexibility index (Phi) is 4.28. The number of anilines is 2. The van der Waals surface area contributed by atoms with Crippen LogP contribution in [-0.4, -0.2) is 36.5 Å². The van der Waals surface area contributed by atoms with Crippen LogP contribution in [0.15, 0.2) is 53.6 Å². The zero-order valence-corrected chi connectivity index (χ0v) is 16.6. The van der Waals surface area contributed by atoms with Crippen LogP contribution < -0.4 is 16.2 Å². The second-order valence-corrected chi connectivity index (χ2v) is 7.31. The van der Waals surface area contributed by atoms with Crippen LogP contribution in [0.4, 0.5) is 16.2 Å². The van der Waals surface area contributed by atoms with Gasteiger partial charge in [0.25, 0.3) is 5.56 Å². The quantitative estimate of drug-likeness (QED) is 0.505. The molecular weight excluding hydrogens is 401 g/mol. The number of benzene rings is 1. The molecular formula is C21H18FN7O2. The summed E-state index contributed by atoms with van der Waals surface area (Å²) >= 11 is 0. The van der Waals surface area contributed by atoms with Gasteiger partial charge in [-0.05, 0) is 31.5 Å². The van der Waals surface area contributed by atoms with Crippen molar-refractivity contribution in [3.05, 3.63) is 76.4 Å². The van der Waals surface area contributed by atoms with Gasteiger partial charge < -0.3 is 10.6 Å². The Morgan fingerprint density at radius 3 is 2.68 bits per heavy atom. The summed E-state index contributed by atoms with van der Waals surface area (Å²) < 4.78 is 17.0. The first kappa shape index (κ1) is 18.9. The Balaban J connectivity index is 1.72. The number of ketones is 1. The zero-order valence-electron chi connectivity index (χ0n) is 16.6. The monoisotopic (exact) mass is 419 g/mol. The molecule has 0 amide bonds. The number of nitrogen functional groups attached to an aromatic ring is 1. The smallest absolute Gasteiger partial charge is 0.285 e. The van der Waals surface area contributed by atoms with E-state index in [0.29, 0.717) is 35.9 Å². The highest BCUT2D eigenvalue weighted by atomic mass is 19.1. The summed E-state index contributed by atoms with van der Waals surface area (Å²) in [5, 5.41) is 4.57. The summed E-state index contributed by atoms with van der Waals surface area (Å²) in [5.74, 6) is 0.0155. The Morgan fingerprint density at radius 1 is 1.23 bits per heavy atom. The fraction of sp³-hybridized carbons (Fsp3) is 0.190. The highest BCUT2D eigenvalue weighted by Gasteiger charge is 2.37. The molecule has 3 aromatic heterocycles. The van der Waals surface area contributed by atoms with E-state index < -0.39 is 11.4 Å². The molecule has 0 bridgehead atoms. The second kappa shape index (κ2) is 7.01. The van der Waals surface area contributed by atoms with Crippen LogP contribution in [0.5, 0.6) is 0 Å². The van der Waals surface area contributed by atoms with E-state index in [1.54, 1.807) is 24.3 Å². The fourth-order valence-electron chi connectivity index (χ4n) is 3.85. The van der Waals surface area contributed by atoms with Crippen LogP contribution in [0.25, 0.3) is 11.2 Å². The van der Waals surface area contributed by atoms with Crippen molar-refractivity contribution in [1.29, 1.82) is 0 Å². The molecule has 9 nitrogen and oxygen atoms in total. The van der Waals surface area contributed by atoms with Gasteiger partial charge in [0, 0.05) is 18.9 Å². The first-order chi connectivity index (χ1) is 15.0. The number of carbonyl (C=O) groups excluding carboxylic acids is 1. The molecule has 156 valence electrons. The van der Waals surface area contributed by atoms with E-state index in [1.807, 2.05) is 11.0 Å². The van der Waals surface area contributed by atoms with Gasteiger partial charge in [-0.25, -0.2) is 13.9 Å². The molecule has 1 aliphatic rings. The van der Waals surface area contributed by atoms with Crippen LogP contribution in [0.3, 0.4) is 0 Å². The number of para-hydroxylation sites is 1. The van der Waals surface area contributed by atoms with Gasteiger partial charge in [-0.15, -0.1) is 0 Å². The number of aromatic nitrogens is 5. The number of Topliss-reactive ketones (excluding diaryl/α,β-unsaturated/α-hetero) is 1. The van der Waals surface area contributed by atoms with E-state index in [1.165, 1.54) is 34.5 Å². The number of halogens is 1. The van der Waals surface area contributed by atoms with Crippen LogP contribution in [0.1, 0.15) is 35.6 Å². The Bertz CT molecular complexity index is 1380. The summed E-state index contributed by atoms with van der Waals surface area (Å²) in [5.41, 5.74) is 6.03. The topological polar surface area (TPSA) is 111 Å². The second-order valence-electron chi connectivity index (χ2n) is 7.31. The average molecular weight is 419 g/mol. The van der Waals surface area contributed by atoms with Crippen LogP contribution in [0.2, 0.25) is 0 Å². The van der Waals surface area contributed by atoms with E-state index in [-0.39, 0.29) is 23.3 Å². The van der Waals surface area contributed by atoms with Gasteiger partial charge in [-0.1, -0.05) is 18.2 Å². The lowest BCUT2D eigenvalue weighted by Crippen LogP contribution is -2.46. The lowest BCUT2D eigenvalue weighted by Gasteiger charge is -2.42. The summed E-state index contributed by atoms with van der Waals surface area (Å²) in [7, 11) is 0. The van der Waals surface area contributed by atoms with Gasteiger partial charge in [0.15, 0.2) is 22.9 Å². The van der Waals surface area contributed by atoms with E-state index in [9.17, 15) is 14.0 Å². The molecule has 0 saturated carbocycles. The Morgan fingerprint density at radius 2 is 2.00 bits per heavy atom. The zero-order chi connectivity index (χ0) is 21.7. The normalized spacial score (nSPS) is 15.8. The van der Waals surface area contributed by atoms with Crippen molar-refractivity contribution >= 4 is 23.1 Å². The van der Waals surface area contributed by atoms with Gasteiger partial charge >= 0.3 is 0 Å². The van der Waals surface area contributed by atoms with Crippen molar-refractivity contribution in [3.63, 3.8) is 0 Å². The lowest BCUT2D eigenvalue weighted by atomic mass is 10.00. The summed E-state index contributed by atoms with van der Waals surface area (Å²) in [6, 6.07) is 9.78. The molecule has 31 heavy (non-hydrogen) atoms. The molecule has 1 atom stereocenters. The maximum atomic E-state index is 14.3. The van der Waals surface area contributed by atoms with Gasteiger partial charge in [0.1, 0.15) is 5.82 Å². The average Bonchev–Trinajstić information content (AvgIpc) is 3.09. The fourth-order valence-corrected chi connectivity index (χ4v) is 3.85. The third-order valence-electron chi connectivity index (χ3n) is 5.43. The van der Waals surface area contributed by atoms with Crippen molar-refractivity contribution in [2.45, 2.75) is 19.4 Å². The number of nitrogens with zero attached hydrogens (tertiary/aromatic N) is 6. The molecule has 4 aromatic rings. The number of carbonyl (C=O) groups is 1. The lowest BCUT2D eigenvalue weighted by molar-refractivity contribution is 0.101. The van der Waals surface area contributed by atoms with Crippen molar-refractivity contribution in [2.75, 3.05) is 17.2 Å². The highest BCUT2D eigenvalue weighted by Crippen LogP contribution is 2.38.